The molecule has 0 spiro atoms. The molecular weight excluding hydrogens is 416 g/mol. The molecule has 0 radical (unpaired) electrons. The Morgan fingerprint density at radius 3 is 2.32 bits per heavy atom. The van der Waals surface area contributed by atoms with E-state index in [4.69, 9.17) is 16.6 Å². The molecule has 1 heterocycles. The lowest BCUT2D eigenvalue weighted by atomic mass is 9.82. The van der Waals surface area contributed by atoms with Crippen LogP contribution >= 0.6 is 39.9 Å². The molecule has 140 valence electrons. The van der Waals surface area contributed by atoms with E-state index in [0.29, 0.717) is 0 Å². The van der Waals surface area contributed by atoms with Gasteiger partial charge in [0.1, 0.15) is 0 Å². The maximum absolute atomic E-state index is 6.06. The summed E-state index contributed by atoms with van der Waals surface area (Å²) in [5, 5.41) is 3.07. The maximum Gasteiger partial charge on any atom is 0.184 e. The summed E-state index contributed by atoms with van der Waals surface area (Å²) in [6, 6.07) is 8.23. The Balaban J connectivity index is 0.00000312. The number of rotatable bonds is 8. The molecule has 2 aromatic rings. The normalized spacial score (nSPS) is 12.3. The third kappa shape index (κ3) is 5.70. The highest BCUT2D eigenvalue weighted by molar-refractivity contribution is 8.93. The predicted molar refractivity (Wildman–Crippen MR) is 116 cm³/mol. The Bertz CT molecular complexity index is 701. The quantitative estimate of drug-likeness (QED) is 0.407. The Labute approximate surface area is 171 Å². The molecule has 0 aliphatic carbocycles. The SMILES string of the molecule is Br.CCCC/N=c1/scc(C(C)(C)c2ccc(Cl)cc2)n1CCCC. The third-order valence-electron chi connectivity index (χ3n) is 4.50. The van der Waals surface area contributed by atoms with Gasteiger partial charge in [0, 0.05) is 34.6 Å². The smallest absolute Gasteiger partial charge is 0.184 e. The van der Waals surface area contributed by atoms with Crippen LogP contribution in [0.3, 0.4) is 0 Å². The van der Waals surface area contributed by atoms with Crippen LogP contribution in [0.25, 0.3) is 0 Å². The first-order chi connectivity index (χ1) is 11.5. The summed E-state index contributed by atoms with van der Waals surface area (Å²) in [5.41, 5.74) is 2.57. The van der Waals surface area contributed by atoms with E-state index >= 15 is 0 Å². The number of thiazole rings is 1. The molecule has 2 rings (SSSR count). The molecule has 0 amide bonds. The van der Waals surface area contributed by atoms with Gasteiger partial charge in [0.15, 0.2) is 4.80 Å². The van der Waals surface area contributed by atoms with E-state index in [0.717, 1.165) is 29.3 Å². The van der Waals surface area contributed by atoms with Crippen LogP contribution in [0.4, 0.5) is 0 Å². The minimum Gasteiger partial charge on any atom is -0.320 e. The van der Waals surface area contributed by atoms with Gasteiger partial charge in [0.05, 0.1) is 0 Å². The van der Waals surface area contributed by atoms with Crippen LogP contribution in [0.1, 0.15) is 64.6 Å². The second-order valence-electron chi connectivity index (χ2n) is 6.78. The van der Waals surface area contributed by atoms with Crippen molar-refractivity contribution >= 4 is 39.9 Å². The van der Waals surface area contributed by atoms with Gasteiger partial charge >= 0.3 is 0 Å². The van der Waals surface area contributed by atoms with Crippen molar-refractivity contribution in [3.8, 4) is 0 Å². The highest BCUT2D eigenvalue weighted by Gasteiger charge is 2.27. The lowest BCUT2D eigenvalue weighted by molar-refractivity contribution is 0.519. The number of hydrogen-bond acceptors (Lipinski definition) is 2. The summed E-state index contributed by atoms with van der Waals surface area (Å²) in [6.07, 6.45) is 4.72. The first-order valence-corrected chi connectivity index (χ1v) is 10.2. The summed E-state index contributed by atoms with van der Waals surface area (Å²) >= 11 is 7.84. The zero-order chi connectivity index (χ0) is 17.6. The monoisotopic (exact) mass is 444 g/mol. The van der Waals surface area contributed by atoms with Gasteiger partial charge in [-0.3, -0.25) is 4.99 Å². The Kier molecular flexibility index (Phi) is 9.47. The minimum absolute atomic E-state index is 0. The van der Waals surface area contributed by atoms with Crippen molar-refractivity contribution in [2.45, 2.75) is 65.3 Å². The molecule has 0 bridgehead atoms. The Morgan fingerprint density at radius 1 is 1.08 bits per heavy atom. The molecule has 0 unspecified atom stereocenters. The summed E-state index contributed by atoms with van der Waals surface area (Å²) in [5.74, 6) is 0. The van der Waals surface area contributed by atoms with Crippen molar-refractivity contribution in [2.24, 2.45) is 4.99 Å². The summed E-state index contributed by atoms with van der Waals surface area (Å²) in [7, 11) is 0. The van der Waals surface area contributed by atoms with Gasteiger partial charge < -0.3 is 4.57 Å². The van der Waals surface area contributed by atoms with Crippen LogP contribution < -0.4 is 4.80 Å². The number of halogens is 2. The first kappa shape index (κ1) is 22.5. The lowest BCUT2D eigenvalue weighted by Gasteiger charge is -2.27. The predicted octanol–water partition coefficient (Wildman–Crippen LogP) is 6.61. The van der Waals surface area contributed by atoms with E-state index in [-0.39, 0.29) is 22.4 Å². The van der Waals surface area contributed by atoms with E-state index in [1.54, 1.807) is 11.3 Å². The van der Waals surface area contributed by atoms with E-state index in [2.05, 4.69) is 49.8 Å². The Hall–Kier alpha value is -0.580. The van der Waals surface area contributed by atoms with Crippen LogP contribution in [0, 0.1) is 0 Å². The minimum atomic E-state index is -0.0621. The molecule has 0 aliphatic rings. The van der Waals surface area contributed by atoms with Gasteiger partial charge in [0.25, 0.3) is 0 Å². The van der Waals surface area contributed by atoms with Crippen LogP contribution in [0.2, 0.25) is 5.02 Å². The second kappa shape index (κ2) is 10.5. The average Bonchev–Trinajstić information content (AvgIpc) is 2.97. The highest BCUT2D eigenvalue weighted by atomic mass is 79.9. The van der Waals surface area contributed by atoms with Crippen molar-refractivity contribution in [1.29, 1.82) is 0 Å². The van der Waals surface area contributed by atoms with E-state index < -0.39 is 0 Å². The fraction of sp³-hybridized carbons (Fsp3) is 0.550. The first-order valence-electron chi connectivity index (χ1n) is 8.96. The van der Waals surface area contributed by atoms with Crippen LogP contribution in [-0.2, 0) is 12.0 Å². The standard InChI is InChI=1S/C20H29ClN2S.BrH/c1-5-7-13-22-19-23(14-8-6-2)18(15-24-19)20(3,4)16-9-11-17(21)12-10-16;/h9-12,15H,5-8,13-14H2,1-4H3;1H/b22-19+;. The van der Waals surface area contributed by atoms with Gasteiger partial charge in [0.2, 0.25) is 0 Å². The van der Waals surface area contributed by atoms with Gasteiger partial charge in [-0.25, -0.2) is 0 Å². The molecule has 0 aliphatic heterocycles. The molecule has 1 aromatic heterocycles. The Morgan fingerprint density at radius 2 is 1.72 bits per heavy atom. The topological polar surface area (TPSA) is 17.3 Å². The number of nitrogens with zero attached hydrogens (tertiary/aromatic N) is 2. The highest BCUT2D eigenvalue weighted by Crippen LogP contribution is 2.32. The fourth-order valence-corrected chi connectivity index (χ4v) is 4.07. The van der Waals surface area contributed by atoms with Crippen molar-refractivity contribution in [3.63, 3.8) is 0 Å². The van der Waals surface area contributed by atoms with Gasteiger partial charge in [-0.2, -0.15) is 0 Å². The van der Waals surface area contributed by atoms with E-state index in [9.17, 15) is 0 Å². The lowest BCUT2D eigenvalue weighted by Crippen LogP contribution is -2.28. The summed E-state index contributed by atoms with van der Waals surface area (Å²) in [6.45, 7) is 11.0. The number of benzene rings is 1. The number of unbranched alkanes of at least 4 members (excludes halogenated alkanes) is 2. The zero-order valence-electron chi connectivity index (χ0n) is 15.7. The van der Waals surface area contributed by atoms with Crippen molar-refractivity contribution in [3.05, 3.63) is 50.7 Å². The third-order valence-corrected chi connectivity index (χ3v) is 5.65. The van der Waals surface area contributed by atoms with Crippen LogP contribution in [0.15, 0.2) is 34.6 Å². The molecule has 5 heteroatoms. The molecule has 2 nitrogen and oxygen atoms in total. The molecule has 0 saturated heterocycles. The van der Waals surface area contributed by atoms with E-state index in [1.165, 1.54) is 30.5 Å². The number of hydrogen-bond donors (Lipinski definition) is 0. The molecular formula is C20H30BrClN2S. The van der Waals surface area contributed by atoms with E-state index in [1.807, 2.05) is 12.1 Å². The molecule has 0 atom stereocenters. The van der Waals surface area contributed by atoms with Crippen LogP contribution in [-0.4, -0.2) is 11.1 Å². The average molecular weight is 446 g/mol. The van der Waals surface area contributed by atoms with Gasteiger partial charge in [-0.1, -0.05) is 64.3 Å². The van der Waals surface area contributed by atoms with Crippen molar-refractivity contribution < 1.29 is 0 Å². The summed E-state index contributed by atoms with van der Waals surface area (Å²) in [4.78, 5) is 6.01. The largest absolute Gasteiger partial charge is 0.320 e. The molecule has 0 fully saturated rings. The van der Waals surface area contributed by atoms with Crippen molar-refractivity contribution in [1.82, 2.24) is 4.57 Å². The van der Waals surface area contributed by atoms with Crippen LogP contribution in [0.5, 0.6) is 0 Å². The van der Waals surface area contributed by atoms with Gasteiger partial charge in [-0.15, -0.1) is 28.3 Å². The van der Waals surface area contributed by atoms with Crippen molar-refractivity contribution in [2.75, 3.05) is 6.54 Å². The molecule has 0 N–H and O–H groups in total. The fourth-order valence-electron chi connectivity index (χ4n) is 2.83. The number of aromatic nitrogens is 1. The molecule has 0 saturated carbocycles. The second-order valence-corrected chi connectivity index (χ2v) is 8.05. The maximum atomic E-state index is 6.06. The summed E-state index contributed by atoms with van der Waals surface area (Å²) < 4.78 is 2.43. The molecule has 25 heavy (non-hydrogen) atoms. The molecule has 1 aromatic carbocycles. The van der Waals surface area contributed by atoms with Gasteiger partial charge in [-0.05, 0) is 30.5 Å². The zero-order valence-corrected chi connectivity index (χ0v) is 19.0.